The minimum Gasteiger partial charge on any atom is -0.325 e. The van der Waals surface area contributed by atoms with Crippen molar-refractivity contribution in [2.45, 2.75) is 4.90 Å². The van der Waals surface area contributed by atoms with Gasteiger partial charge in [0.25, 0.3) is 11.8 Å². The maximum absolute atomic E-state index is 12.0. The van der Waals surface area contributed by atoms with Crippen molar-refractivity contribution >= 4 is 58.4 Å². The number of rotatable bonds is 4. The second-order valence-electron chi connectivity index (χ2n) is 4.99. The third-order valence-electron chi connectivity index (χ3n) is 3.23. The fourth-order valence-corrected chi connectivity index (χ4v) is 3.65. The molecule has 0 aromatic heterocycles. The first-order chi connectivity index (χ1) is 11.4. The number of amides is 3. The number of hydrogen-bond donors (Lipinski definition) is 2. The van der Waals surface area contributed by atoms with E-state index in [0.717, 1.165) is 4.90 Å². The molecule has 24 heavy (non-hydrogen) atoms. The van der Waals surface area contributed by atoms with Crippen molar-refractivity contribution in [2.75, 3.05) is 11.1 Å². The van der Waals surface area contributed by atoms with Crippen LogP contribution in [-0.2, 0) is 4.79 Å². The van der Waals surface area contributed by atoms with Gasteiger partial charge >= 0.3 is 0 Å². The predicted molar refractivity (Wildman–Crippen MR) is 94.1 cm³/mol. The van der Waals surface area contributed by atoms with Crippen LogP contribution in [0.15, 0.2) is 41.3 Å². The second kappa shape index (κ2) is 6.84. The minimum absolute atomic E-state index is 0.152. The van der Waals surface area contributed by atoms with Gasteiger partial charge in [-0.1, -0.05) is 23.2 Å². The minimum atomic E-state index is -0.464. The molecule has 0 radical (unpaired) electrons. The van der Waals surface area contributed by atoms with E-state index in [1.165, 1.54) is 23.9 Å². The molecule has 0 fully saturated rings. The van der Waals surface area contributed by atoms with Gasteiger partial charge in [-0.05, 0) is 36.4 Å². The fraction of sp³-hybridized carbons (Fsp3) is 0.0625. The number of thioether (sulfide) groups is 1. The quantitative estimate of drug-likeness (QED) is 0.627. The Bertz CT molecular complexity index is 850. The van der Waals surface area contributed by atoms with Gasteiger partial charge < -0.3 is 5.32 Å². The maximum Gasteiger partial charge on any atom is 0.259 e. The van der Waals surface area contributed by atoms with E-state index in [1.54, 1.807) is 24.3 Å². The lowest BCUT2D eigenvalue weighted by molar-refractivity contribution is -0.113. The molecule has 2 aromatic carbocycles. The van der Waals surface area contributed by atoms with Crippen LogP contribution in [0.4, 0.5) is 5.69 Å². The number of hydrogen-bond acceptors (Lipinski definition) is 4. The Morgan fingerprint density at radius 1 is 1.00 bits per heavy atom. The van der Waals surface area contributed by atoms with Crippen molar-refractivity contribution in [2.24, 2.45) is 0 Å². The molecule has 1 aliphatic rings. The van der Waals surface area contributed by atoms with Gasteiger partial charge in [-0.15, -0.1) is 11.8 Å². The zero-order valence-electron chi connectivity index (χ0n) is 12.1. The molecule has 0 saturated heterocycles. The van der Waals surface area contributed by atoms with Crippen LogP contribution in [0.2, 0.25) is 10.0 Å². The van der Waals surface area contributed by atoms with Crippen LogP contribution in [-0.4, -0.2) is 23.5 Å². The third-order valence-corrected chi connectivity index (χ3v) is 4.64. The smallest absolute Gasteiger partial charge is 0.259 e. The first-order valence-electron chi connectivity index (χ1n) is 6.81. The number of carbonyl (C=O) groups excluding carboxylic acids is 3. The van der Waals surface area contributed by atoms with Crippen LogP contribution in [0.25, 0.3) is 0 Å². The first-order valence-corrected chi connectivity index (χ1v) is 8.55. The van der Waals surface area contributed by atoms with E-state index >= 15 is 0 Å². The van der Waals surface area contributed by atoms with E-state index in [9.17, 15) is 14.4 Å². The van der Waals surface area contributed by atoms with Crippen LogP contribution in [0.3, 0.4) is 0 Å². The highest BCUT2D eigenvalue weighted by molar-refractivity contribution is 8.00. The van der Waals surface area contributed by atoms with E-state index in [0.29, 0.717) is 21.3 Å². The number of halogens is 2. The van der Waals surface area contributed by atoms with E-state index in [1.807, 2.05) is 0 Å². The molecular weight excluding hydrogens is 371 g/mol. The molecule has 122 valence electrons. The summed E-state index contributed by atoms with van der Waals surface area (Å²) in [6.07, 6.45) is 0. The van der Waals surface area contributed by atoms with Crippen LogP contribution < -0.4 is 10.6 Å². The molecule has 0 unspecified atom stereocenters. The normalized spacial score (nSPS) is 12.8. The van der Waals surface area contributed by atoms with Gasteiger partial charge in [-0.25, -0.2) is 0 Å². The molecule has 1 aliphatic heterocycles. The number of anilines is 1. The van der Waals surface area contributed by atoms with Crippen molar-refractivity contribution in [1.29, 1.82) is 0 Å². The molecule has 2 aromatic rings. The van der Waals surface area contributed by atoms with Gasteiger partial charge in [0.2, 0.25) is 5.91 Å². The summed E-state index contributed by atoms with van der Waals surface area (Å²) in [5.41, 5.74) is 1.02. The summed E-state index contributed by atoms with van der Waals surface area (Å²) < 4.78 is 0. The number of benzene rings is 2. The fourth-order valence-electron chi connectivity index (χ4n) is 2.20. The lowest BCUT2D eigenvalue weighted by Crippen LogP contribution is -2.19. The zero-order chi connectivity index (χ0) is 17.3. The summed E-state index contributed by atoms with van der Waals surface area (Å²) in [6, 6.07) is 9.62. The summed E-state index contributed by atoms with van der Waals surface area (Å²) >= 11 is 13.1. The molecule has 3 amide bonds. The van der Waals surface area contributed by atoms with Crippen molar-refractivity contribution in [3.05, 3.63) is 57.6 Å². The van der Waals surface area contributed by atoms with Crippen LogP contribution >= 0.6 is 35.0 Å². The highest BCUT2D eigenvalue weighted by atomic mass is 35.5. The summed E-state index contributed by atoms with van der Waals surface area (Å²) in [4.78, 5) is 35.9. The van der Waals surface area contributed by atoms with Crippen molar-refractivity contribution in [1.82, 2.24) is 5.32 Å². The molecule has 2 N–H and O–H groups in total. The number of carbonyl (C=O) groups is 3. The van der Waals surface area contributed by atoms with Gasteiger partial charge in [0.15, 0.2) is 0 Å². The molecule has 8 heteroatoms. The SMILES string of the molecule is O=C(CSc1cc(Cl)cc(Cl)c1)Nc1ccc2c(c1)C(=O)NC2=O. The third kappa shape index (κ3) is 3.72. The number of nitrogens with one attached hydrogen (secondary N) is 2. The number of imide groups is 1. The monoisotopic (exact) mass is 380 g/mol. The van der Waals surface area contributed by atoms with E-state index in [4.69, 9.17) is 23.2 Å². The Labute approximate surface area is 151 Å². The standard InChI is InChI=1S/C16H10Cl2N2O3S/c17-8-3-9(18)5-11(4-8)24-7-14(21)19-10-1-2-12-13(6-10)16(23)20-15(12)22/h1-6H,7H2,(H,19,21)(H,20,22,23). The van der Waals surface area contributed by atoms with Gasteiger partial charge in [-0.2, -0.15) is 0 Å². The van der Waals surface area contributed by atoms with Crippen LogP contribution in [0.1, 0.15) is 20.7 Å². The topological polar surface area (TPSA) is 75.3 Å². The lowest BCUT2D eigenvalue weighted by Gasteiger charge is -2.07. The predicted octanol–water partition coefficient (Wildman–Crippen LogP) is 3.61. The molecule has 0 aliphatic carbocycles. The molecule has 5 nitrogen and oxygen atoms in total. The van der Waals surface area contributed by atoms with Gasteiger partial charge in [0.05, 0.1) is 16.9 Å². The molecule has 0 bridgehead atoms. The van der Waals surface area contributed by atoms with Crippen molar-refractivity contribution in [3.63, 3.8) is 0 Å². The molecule has 1 heterocycles. The van der Waals surface area contributed by atoms with Gasteiger partial charge in [-0.3, -0.25) is 19.7 Å². The average Bonchev–Trinajstić information content (AvgIpc) is 2.79. The molecule has 0 atom stereocenters. The Kier molecular flexibility index (Phi) is 4.80. The summed E-state index contributed by atoms with van der Waals surface area (Å²) in [7, 11) is 0. The Morgan fingerprint density at radius 3 is 2.38 bits per heavy atom. The Hall–Kier alpha value is -2.02. The maximum atomic E-state index is 12.0. The highest BCUT2D eigenvalue weighted by Crippen LogP contribution is 2.27. The zero-order valence-corrected chi connectivity index (χ0v) is 14.4. The molecule has 3 rings (SSSR count). The van der Waals surface area contributed by atoms with Crippen LogP contribution in [0, 0.1) is 0 Å². The van der Waals surface area contributed by atoms with Crippen molar-refractivity contribution < 1.29 is 14.4 Å². The lowest BCUT2D eigenvalue weighted by atomic mass is 10.1. The van der Waals surface area contributed by atoms with E-state index in [2.05, 4.69) is 10.6 Å². The van der Waals surface area contributed by atoms with E-state index in [-0.39, 0.29) is 17.2 Å². The second-order valence-corrected chi connectivity index (χ2v) is 6.91. The first kappa shape index (κ1) is 16.8. The van der Waals surface area contributed by atoms with Gasteiger partial charge in [0, 0.05) is 20.6 Å². The molecule has 0 saturated carbocycles. The van der Waals surface area contributed by atoms with Crippen LogP contribution in [0.5, 0.6) is 0 Å². The van der Waals surface area contributed by atoms with Gasteiger partial charge in [0.1, 0.15) is 0 Å². The molecule has 0 spiro atoms. The number of fused-ring (bicyclic) bond motifs is 1. The summed E-state index contributed by atoms with van der Waals surface area (Å²) in [5, 5.41) is 5.89. The van der Waals surface area contributed by atoms with Crippen molar-refractivity contribution in [3.8, 4) is 0 Å². The summed E-state index contributed by atoms with van der Waals surface area (Å²) in [5.74, 6) is -0.991. The summed E-state index contributed by atoms with van der Waals surface area (Å²) in [6.45, 7) is 0. The van der Waals surface area contributed by atoms with E-state index < -0.39 is 11.8 Å². The Morgan fingerprint density at radius 2 is 1.67 bits per heavy atom. The average molecular weight is 381 g/mol. The largest absolute Gasteiger partial charge is 0.325 e. The molecular formula is C16H10Cl2N2O3S. The Balaban J connectivity index is 1.64. The highest BCUT2D eigenvalue weighted by Gasteiger charge is 2.26.